The number of halogens is 3. The molecule has 0 bridgehead atoms. The van der Waals surface area contributed by atoms with E-state index >= 15 is 0 Å². The first-order chi connectivity index (χ1) is 16.0. The number of aliphatic carboxylic acids is 1. The molecule has 0 spiro atoms. The molecular formula is C22H24F3N3O7. The number of hydrogen-bond acceptors (Lipinski definition) is 6. The Hall–Kier alpha value is -4.03. The summed E-state index contributed by atoms with van der Waals surface area (Å²) in [4.78, 5) is 49.0. The Bertz CT molecular complexity index is 1210. The molecule has 0 saturated heterocycles. The fourth-order valence-electron chi connectivity index (χ4n) is 3.04. The number of carboxylic acids is 1. The number of pyridine rings is 1. The SMILES string of the molecule is CC(C)(C)CNC(=O)c1c(O)c(C(=O)NCC(=O)O)c(=O)n(Cc2ccccc2C(F)(F)F)c1O. The van der Waals surface area contributed by atoms with Crippen LogP contribution in [0.5, 0.6) is 11.6 Å². The van der Waals surface area contributed by atoms with Crippen molar-refractivity contribution < 1.29 is 42.9 Å². The van der Waals surface area contributed by atoms with Gasteiger partial charge in [-0.3, -0.25) is 23.7 Å². The molecule has 13 heteroatoms. The van der Waals surface area contributed by atoms with Crippen molar-refractivity contribution in [3.05, 3.63) is 56.9 Å². The van der Waals surface area contributed by atoms with E-state index in [9.17, 15) is 42.6 Å². The Morgan fingerprint density at radius 2 is 1.54 bits per heavy atom. The molecule has 0 unspecified atom stereocenters. The van der Waals surface area contributed by atoms with Gasteiger partial charge in [0.25, 0.3) is 17.4 Å². The molecular weight excluding hydrogens is 475 g/mol. The smallest absolute Gasteiger partial charge is 0.416 e. The highest BCUT2D eigenvalue weighted by Crippen LogP contribution is 2.34. The third-order valence-corrected chi connectivity index (χ3v) is 4.70. The van der Waals surface area contributed by atoms with E-state index in [1.54, 1.807) is 20.8 Å². The van der Waals surface area contributed by atoms with Crippen LogP contribution in [-0.4, -0.2) is 50.8 Å². The molecule has 0 aliphatic heterocycles. The molecule has 5 N–H and O–H groups in total. The van der Waals surface area contributed by atoms with E-state index in [4.69, 9.17) is 5.11 Å². The van der Waals surface area contributed by atoms with Crippen molar-refractivity contribution in [2.45, 2.75) is 33.5 Å². The summed E-state index contributed by atoms with van der Waals surface area (Å²) < 4.78 is 40.7. The van der Waals surface area contributed by atoms with Crippen molar-refractivity contribution >= 4 is 17.8 Å². The van der Waals surface area contributed by atoms with Gasteiger partial charge >= 0.3 is 12.1 Å². The third kappa shape index (κ3) is 6.52. The minimum atomic E-state index is -4.82. The highest BCUT2D eigenvalue weighted by Gasteiger charge is 2.35. The maximum Gasteiger partial charge on any atom is 0.416 e. The summed E-state index contributed by atoms with van der Waals surface area (Å²) in [6, 6.07) is 4.15. The van der Waals surface area contributed by atoms with Gasteiger partial charge in [-0.05, 0) is 17.0 Å². The molecule has 10 nitrogen and oxygen atoms in total. The number of amides is 2. The summed E-state index contributed by atoms with van der Waals surface area (Å²) in [5.41, 5.74) is -5.54. The van der Waals surface area contributed by atoms with Crippen molar-refractivity contribution in [2.75, 3.05) is 13.1 Å². The standard InChI is InChI=1S/C22H24F3N3O7/c1-21(2,3)10-27-18(33)15-16(31)14(17(32)26-8-13(29)30)19(34)28(20(15)35)9-11-6-4-5-7-12(11)22(23,24)25/h4-7,31,35H,8-10H2,1-3H3,(H,26,32)(H,27,33)(H,29,30). The minimum Gasteiger partial charge on any atom is -0.506 e. The van der Waals surface area contributed by atoms with Gasteiger partial charge in [0.05, 0.1) is 12.1 Å². The topological polar surface area (TPSA) is 158 Å². The van der Waals surface area contributed by atoms with Gasteiger partial charge in [-0.15, -0.1) is 0 Å². The van der Waals surface area contributed by atoms with E-state index in [2.05, 4.69) is 5.32 Å². The molecule has 1 aromatic heterocycles. The lowest BCUT2D eigenvalue weighted by Crippen LogP contribution is -2.38. The lowest BCUT2D eigenvalue weighted by atomic mass is 9.97. The molecule has 2 amide bonds. The van der Waals surface area contributed by atoms with E-state index in [1.807, 2.05) is 5.32 Å². The van der Waals surface area contributed by atoms with Crippen LogP contribution in [0.15, 0.2) is 29.1 Å². The van der Waals surface area contributed by atoms with Crippen LogP contribution < -0.4 is 16.2 Å². The summed E-state index contributed by atoms with van der Waals surface area (Å²) in [6.07, 6.45) is -4.82. The number of aromatic nitrogens is 1. The number of nitrogens with one attached hydrogen (secondary N) is 2. The molecule has 0 aliphatic rings. The summed E-state index contributed by atoms with van der Waals surface area (Å²) in [5.74, 6) is -6.43. The molecule has 0 saturated carbocycles. The monoisotopic (exact) mass is 499 g/mol. The number of rotatable bonds is 7. The van der Waals surface area contributed by atoms with E-state index in [0.717, 1.165) is 18.2 Å². The molecule has 0 fully saturated rings. The summed E-state index contributed by atoms with van der Waals surface area (Å²) in [5, 5.41) is 34.2. The second-order valence-electron chi connectivity index (χ2n) is 8.79. The quantitative estimate of drug-likeness (QED) is 0.389. The van der Waals surface area contributed by atoms with Crippen LogP contribution in [0.1, 0.15) is 52.6 Å². The number of carboxylic acid groups (broad SMARTS) is 1. The maximum absolute atomic E-state index is 13.4. The van der Waals surface area contributed by atoms with Gasteiger partial charge in [-0.1, -0.05) is 39.0 Å². The molecule has 35 heavy (non-hydrogen) atoms. The Morgan fingerprint density at radius 1 is 0.971 bits per heavy atom. The van der Waals surface area contributed by atoms with Gasteiger partial charge < -0.3 is 26.0 Å². The fraction of sp³-hybridized carbons (Fsp3) is 0.364. The average Bonchev–Trinajstić information content (AvgIpc) is 2.73. The van der Waals surface area contributed by atoms with Crippen molar-refractivity contribution in [1.82, 2.24) is 15.2 Å². The molecule has 2 rings (SSSR count). The maximum atomic E-state index is 13.4. The fourth-order valence-corrected chi connectivity index (χ4v) is 3.04. The zero-order valence-electron chi connectivity index (χ0n) is 19.0. The Morgan fingerprint density at radius 3 is 2.09 bits per heavy atom. The largest absolute Gasteiger partial charge is 0.506 e. The molecule has 1 aromatic carbocycles. The number of carbonyl (C=O) groups is 3. The molecule has 2 aromatic rings. The van der Waals surface area contributed by atoms with Crippen LogP contribution in [0.25, 0.3) is 0 Å². The zero-order chi connectivity index (χ0) is 26.7. The highest BCUT2D eigenvalue weighted by atomic mass is 19.4. The number of benzene rings is 1. The zero-order valence-corrected chi connectivity index (χ0v) is 19.0. The first-order valence-corrected chi connectivity index (χ1v) is 10.2. The van der Waals surface area contributed by atoms with Crippen molar-refractivity contribution in [3.8, 4) is 11.6 Å². The lowest BCUT2D eigenvalue weighted by molar-refractivity contribution is -0.138. The Kier molecular flexibility index (Phi) is 7.83. The number of carbonyl (C=O) groups excluding carboxylic acids is 2. The molecule has 0 atom stereocenters. The number of alkyl halides is 3. The van der Waals surface area contributed by atoms with Gasteiger partial charge in [0.15, 0.2) is 5.75 Å². The van der Waals surface area contributed by atoms with Crippen LogP contribution >= 0.6 is 0 Å². The van der Waals surface area contributed by atoms with E-state index < -0.39 is 81.9 Å². The van der Waals surface area contributed by atoms with E-state index in [0.29, 0.717) is 4.57 Å². The van der Waals surface area contributed by atoms with Gasteiger partial charge in [-0.25, -0.2) is 0 Å². The van der Waals surface area contributed by atoms with Gasteiger partial charge in [0.2, 0.25) is 5.88 Å². The van der Waals surface area contributed by atoms with Gasteiger partial charge in [-0.2, -0.15) is 13.2 Å². The predicted molar refractivity (Wildman–Crippen MR) is 116 cm³/mol. The van der Waals surface area contributed by atoms with Gasteiger partial charge in [0.1, 0.15) is 17.7 Å². The van der Waals surface area contributed by atoms with Gasteiger partial charge in [0, 0.05) is 6.54 Å². The summed E-state index contributed by atoms with van der Waals surface area (Å²) in [7, 11) is 0. The second kappa shape index (κ2) is 10.1. The molecule has 0 radical (unpaired) electrons. The van der Waals surface area contributed by atoms with E-state index in [-0.39, 0.29) is 6.54 Å². The molecule has 1 heterocycles. The average molecular weight is 499 g/mol. The van der Waals surface area contributed by atoms with Crippen LogP contribution in [0, 0.1) is 5.41 Å². The lowest BCUT2D eigenvalue weighted by Gasteiger charge is -2.21. The first kappa shape index (κ1) is 27.2. The number of hydrogen-bond donors (Lipinski definition) is 5. The minimum absolute atomic E-state index is 0.0291. The van der Waals surface area contributed by atoms with Crippen LogP contribution in [0.4, 0.5) is 13.2 Å². The summed E-state index contributed by atoms with van der Waals surface area (Å²) >= 11 is 0. The Balaban J connectivity index is 2.73. The molecule has 0 aliphatic carbocycles. The van der Waals surface area contributed by atoms with Crippen molar-refractivity contribution in [2.24, 2.45) is 5.41 Å². The van der Waals surface area contributed by atoms with Crippen LogP contribution in [0.2, 0.25) is 0 Å². The van der Waals surface area contributed by atoms with E-state index in [1.165, 1.54) is 6.07 Å². The van der Waals surface area contributed by atoms with Crippen molar-refractivity contribution in [1.29, 1.82) is 0 Å². The number of nitrogens with zero attached hydrogens (tertiary/aromatic N) is 1. The van der Waals surface area contributed by atoms with Crippen molar-refractivity contribution in [3.63, 3.8) is 0 Å². The van der Waals surface area contributed by atoms with Crippen LogP contribution in [-0.2, 0) is 17.5 Å². The third-order valence-electron chi connectivity index (χ3n) is 4.70. The first-order valence-electron chi connectivity index (χ1n) is 10.2. The second-order valence-corrected chi connectivity index (χ2v) is 8.79. The predicted octanol–water partition coefficient (Wildman–Crippen LogP) is 1.92. The summed E-state index contributed by atoms with van der Waals surface area (Å²) in [6.45, 7) is 3.42. The van der Waals surface area contributed by atoms with Crippen LogP contribution in [0.3, 0.4) is 0 Å². The molecule has 190 valence electrons. The highest BCUT2D eigenvalue weighted by molar-refractivity contribution is 6.05. The Labute approximate surface area is 197 Å². The normalized spacial score (nSPS) is 11.7. The number of aromatic hydroxyl groups is 2.